The van der Waals surface area contributed by atoms with Crippen LogP contribution in [0.2, 0.25) is 0 Å². The first-order valence-electron chi connectivity index (χ1n) is 4.02. The second-order valence-corrected chi connectivity index (χ2v) is 2.81. The molecule has 4 nitrogen and oxygen atoms in total. The quantitative estimate of drug-likeness (QED) is 0.318. The summed E-state index contributed by atoms with van der Waals surface area (Å²) in [6.07, 6.45) is 3.26. The maximum absolute atomic E-state index is 10.6. The van der Waals surface area contributed by atoms with Crippen molar-refractivity contribution >= 4 is 18.0 Å². The first-order chi connectivity index (χ1) is 6.65. The van der Waals surface area contributed by atoms with Crippen LogP contribution in [-0.4, -0.2) is 11.2 Å². The number of carbonyl (C=O) groups excluding carboxylic acids is 1. The second kappa shape index (κ2) is 4.32. The number of nitro benzene ring substituents is 1. The van der Waals surface area contributed by atoms with Crippen LogP contribution in [-0.2, 0) is 4.79 Å². The minimum absolute atomic E-state index is 0.00806. The van der Waals surface area contributed by atoms with Crippen LogP contribution in [0.1, 0.15) is 11.1 Å². The summed E-state index contributed by atoms with van der Waals surface area (Å²) in [6.45, 7) is 1.84. The summed E-state index contributed by atoms with van der Waals surface area (Å²) in [4.78, 5) is 20.2. The van der Waals surface area contributed by atoms with Gasteiger partial charge in [-0.2, -0.15) is 0 Å². The molecule has 0 aliphatic heterocycles. The first kappa shape index (κ1) is 10.1. The molecule has 0 aromatic heterocycles. The minimum atomic E-state index is -0.468. The van der Waals surface area contributed by atoms with E-state index in [2.05, 4.69) is 0 Å². The minimum Gasteiger partial charge on any atom is -0.299 e. The van der Waals surface area contributed by atoms with E-state index in [0.29, 0.717) is 11.8 Å². The Kier molecular flexibility index (Phi) is 3.12. The van der Waals surface area contributed by atoms with Gasteiger partial charge in [0.2, 0.25) is 0 Å². The summed E-state index contributed by atoms with van der Waals surface area (Å²) in [5.74, 6) is 0. The van der Waals surface area contributed by atoms with Crippen molar-refractivity contribution in [2.45, 2.75) is 6.92 Å². The lowest BCUT2D eigenvalue weighted by Gasteiger charge is -1.98. The van der Waals surface area contributed by atoms with Gasteiger partial charge in [-0.1, -0.05) is 11.6 Å². The maximum Gasteiger partial charge on any atom is 0.276 e. The zero-order valence-electron chi connectivity index (χ0n) is 7.64. The summed E-state index contributed by atoms with van der Waals surface area (Å²) in [7, 11) is 0. The van der Waals surface area contributed by atoms with E-state index in [0.717, 1.165) is 5.56 Å². The number of aldehydes is 1. The van der Waals surface area contributed by atoms with Crippen LogP contribution in [0.5, 0.6) is 0 Å². The third-order valence-corrected chi connectivity index (χ3v) is 1.73. The molecule has 14 heavy (non-hydrogen) atoms. The topological polar surface area (TPSA) is 60.2 Å². The van der Waals surface area contributed by atoms with Crippen LogP contribution < -0.4 is 0 Å². The number of allylic oxidation sites excluding steroid dienone is 1. The predicted octanol–water partition coefficient (Wildman–Crippen LogP) is 2.12. The van der Waals surface area contributed by atoms with E-state index in [4.69, 9.17) is 0 Å². The normalized spacial score (nSPS) is 10.4. The molecule has 0 N–H and O–H groups in total. The Morgan fingerprint density at radius 3 is 2.71 bits per heavy atom. The number of nitro groups is 1. The highest BCUT2D eigenvalue weighted by Gasteiger charge is 2.10. The molecule has 1 aromatic rings. The molecule has 0 fully saturated rings. The summed E-state index contributed by atoms with van der Waals surface area (Å²) in [5.41, 5.74) is 1.37. The number of hydrogen-bond donors (Lipinski definition) is 0. The zero-order valence-corrected chi connectivity index (χ0v) is 7.64. The van der Waals surface area contributed by atoms with Gasteiger partial charge in [-0.25, -0.2) is 0 Å². The zero-order chi connectivity index (χ0) is 10.6. The first-order valence-corrected chi connectivity index (χ1v) is 4.02. The fourth-order valence-electron chi connectivity index (χ4n) is 1.12. The van der Waals surface area contributed by atoms with Gasteiger partial charge in [0, 0.05) is 6.07 Å². The van der Waals surface area contributed by atoms with Gasteiger partial charge in [-0.15, -0.1) is 0 Å². The van der Waals surface area contributed by atoms with Crippen molar-refractivity contribution in [3.63, 3.8) is 0 Å². The van der Waals surface area contributed by atoms with Crippen molar-refractivity contribution in [2.24, 2.45) is 0 Å². The lowest BCUT2D eigenvalue weighted by Crippen LogP contribution is -1.91. The summed E-state index contributed by atoms with van der Waals surface area (Å²) < 4.78 is 0. The standard InChI is InChI=1S/C10H9NO3/c1-8-4-5-10(11(13)14)9(7-8)3-2-6-12/h2-7H,1H3/b3-2+. The van der Waals surface area contributed by atoms with Crippen molar-refractivity contribution in [2.75, 3.05) is 0 Å². The summed E-state index contributed by atoms with van der Waals surface area (Å²) >= 11 is 0. The molecule has 0 saturated carbocycles. The van der Waals surface area contributed by atoms with E-state index in [-0.39, 0.29) is 5.69 Å². The molecule has 0 amide bonds. The van der Waals surface area contributed by atoms with Crippen molar-refractivity contribution in [3.05, 3.63) is 45.5 Å². The molecule has 4 heteroatoms. The molecule has 1 aromatic carbocycles. The molecule has 72 valence electrons. The highest BCUT2D eigenvalue weighted by Crippen LogP contribution is 2.20. The number of carbonyl (C=O) groups is 1. The fraction of sp³-hybridized carbons (Fsp3) is 0.100. The molecule has 0 aliphatic carbocycles. The van der Waals surface area contributed by atoms with Gasteiger partial charge in [-0.3, -0.25) is 14.9 Å². The molecule has 1 rings (SSSR count). The average molecular weight is 191 g/mol. The molecule has 0 aliphatic rings. The Hall–Kier alpha value is -1.97. The number of hydrogen-bond acceptors (Lipinski definition) is 3. The van der Waals surface area contributed by atoms with Gasteiger partial charge in [0.15, 0.2) is 0 Å². The number of nitrogens with zero attached hydrogens (tertiary/aromatic N) is 1. The maximum atomic E-state index is 10.6. The lowest BCUT2D eigenvalue weighted by atomic mass is 10.1. The molecule has 0 bridgehead atoms. The lowest BCUT2D eigenvalue weighted by molar-refractivity contribution is -0.385. The van der Waals surface area contributed by atoms with Crippen molar-refractivity contribution in [1.29, 1.82) is 0 Å². The van der Waals surface area contributed by atoms with Crippen LogP contribution in [0.25, 0.3) is 6.08 Å². The fourth-order valence-corrected chi connectivity index (χ4v) is 1.12. The van der Waals surface area contributed by atoms with Crippen LogP contribution in [0, 0.1) is 17.0 Å². The van der Waals surface area contributed by atoms with Crippen molar-refractivity contribution in [3.8, 4) is 0 Å². The summed E-state index contributed by atoms with van der Waals surface area (Å²) in [5, 5.41) is 10.6. The Bertz CT molecular complexity index is 396. The monoisotopic (exact) mass is 191 g/mol. The highest BCUT2D eigenvalue weighted by molar-refractivity contribution is 5.76. The Balaban J connectivity index is 3.22. The van der Waals surface area contributed by atoms with Crippen molar-refractivity contribution < 1.29 is 9.72 Å². The molecule has 0 saturated heterocycles. The van der Waals surface area contributed by atoms with E-state index in [1.807, 2.05) is 6.92 Å². The number of benzene rings is 1. The molecule has 0 heterocycles. The Labute approximate surface area is 81.0 Å². The highest BCUT2D eigenvalue weighted by atomic mass is 16.6. The Morgan fingerprint density at radius 2 is 2.14 bits per heavy atom. The van der Waals surface area contributed by atoms with Gasteiger partial charge in [-0.05, 0) is 25.1 Å². The van der Waals surface area contributed by atoms with Gasteiger partial charge in [0.25, 0.3) is 5.69 Å². The number of rotatable bonds is 3. The Morgan fingerprint density at radius 1 is 1.43 bits per heavy atom. The summed E-state index contributed by atoms with van der Waals surface area (Å²) in [6, 6.07) is 4.76. The van der Waals surface area contributed by atoms with Crippen LogP contribution in [0.15, 0.2) is 24.3 Å². The molecular formula is C10H9NO3. The molecular weight excluding hydrogens is 182 g/mol. The smallest absolute Gasteiger partial charge is 0.276 e. The van der Waals surface area contributed by atoms with Gasteiger partial charge >= 0.3 is 0 Å². The van der Waals surface area contributed by atoms with Crippen LogP contribution in [0.3, 0.4) is 0 Å². The van der Waals surface area contributed by atoms with E-state index in [9.17, 15) is 14.9 Å². The average Bonchev–Trinajstić information content (AvgIpc) is 2.14. The van der Waals surface area contributed by atoms with Crippen LogP contribution in [0.4, 0.5) is 5.69 Å². The predicted molar refractivity (Wildman–Crippen MR) is 52.9 cm³/mol. The molecule has 0 spiro atoms. The van der Waals surface area contributed by atoms with E-state index < -0.39 is 4.92 Å². The van der Waals surface area contributed by atoms with Gasteiger partial charge in [0.1, 0.15) is 6.29 Å². The van der Waals surface area contributed by atoms with E-state index in [1.54, 1.807) is 12.1 Å². The van der Waals surface area contributed by atoms with Gasteiger partial charge < -0.3 is 0 Å². The number of aryl methyl sites for hydroxylation is 1. The molecule has 0 radical (unpaired) electrons. The third kappa shape index (κ3) is 2.26. The largest absolute Gasteiger partial charge is 0.299 e. The SMILES string of the molecule is Cc1ccc([N+](=O)[O-])c(/C=C/C=O)c1. The third-order valence-electron chi connectivity index (χ3n) is 1.73. The second-order valence-electron chi connectivity index (χ2n) is 2.81. The van der Waals surface area contributed by atoms with Gasteiger partial charge in [0.05, 0.1) is 10.5 Å². The molecule has 0 atom stereocenters. The van der Waals surface area contributed by atoms with E-state index in [1.165, 1.54) is 18.2 Å². The van der Waals surface area contributed by atoms with Crippen molar-refractivity contribution in [1.82, 2.24) is 0 Å². The molecule has 0 unspecified atom stereocenters. The van der Waals surface area contributed by atoms with Crippen LogP contribution >= 0.6 is 0 Å². The van der Waals surface area contributed by atoms with E-state index >= 15 is 0 Å².